The summed E-state index contributed by atoms with van der Waals surface area (Å²) in [6, 6.07) is 18.5. The van der Waals surface area contributed by atoms with Crippen LogP contribution in [0.4, 0.5) is 0 Å². The van der Waals surface area contributed by atoms with Crippen LogP contribution in [-0.2, 0) is 0 Å². The quantitative estimate of drug-likeness (QED) is 0.328. The third kappa shape index (κ3) is 3.07. The Morgan fingerprint density at radius 1 is 0.714 bits per heavy atom. The van der Waals surface area contributed by atoms with Crippen LogP contribution >= 0.6 is 59.4 Å². The highest BCUT2D eigenvalue weighted by atomic mass is 79.9. The van der Waals surface area contributed by atoms with E-state index in [1.165, 1.54) is 10.8 Å². The predicted molar refractivity (Wildman–Crippen MR) is 101 cm³/mol. The highest BCUT2D eigenvalue weighted by Crippen LogP contribution is 2.39. The Morgan fingerprint density at radius 2 is 1.38 bits per heavy atom. The predicted octanol–water partition coefficient (Wildman–Crippen LogP) is 7.46. The van der Waals surface area contributed by atoms with E-state index < -0.39 is 0 Å². The fourth-order valence-corrected chi connectivity index (χ4v) is 4.65. The van der Waals surface area contributed by atoms with Crippen LogP contribution in [0.2, 0.25) is 0 Å². The van der Waals surface area contributed by atoms with E-state index in [2.05, 4.69) is 72.1 Å². The molecule has 1 unspecified atom stereocenters. The summed E-state index contributed by atoms with van der Waals surface area (Å²) in [5, 5.41) is 2.14. The second-order valence-electron chi connectivity index (χ2n) is 4.71. The molecule has 0 radical (unpaired) electrons. The molecule has 0 saturated carbocycles. The van der Waals surface area contributed by atoms with Crippen LogP contribution < -0.4 is 0 Å². The summed E-state index contributed by atoms with van der Waals surface area (Å²) in [6.07, 6.45) is 0. The van der Waals surface area contributed by atoms with Gasteiger partial charge in [-0.3, -0.25) is 0 Å². The van der Waals surface area contributed by atoms with E-state index in [1.54, 1.807) is 0 Å². The van der Waals surface area contributed by atoms with Gasteiger partial charge >= 0.3 is 0 Å². The van der Waals surface area contributed by atoms with Gasteiger partial charge in [0.15, 0.2) is 0 Å². The van der Waals surface area contributed by atoms with Gasteiger partial charge in [-0.1, -0.05) is 84.2 Å². The molecule has 0 fully saturated rings. The van der Waals surface area contributed by atoms with E-state index in [1.807, 2.05) is 30.3 Å². The van der Waals surface area contributed by atoms with Crippen LogP contribution in [-0.4, -0.2) is 0 Å². The molecule has 3 aromatic carbocycles. The molecule has 21 heavy (non-hydrogen) atoms. The van der Waals surface area contributed by atoms with Crippen molar-refractivity contribution in [2.45, 2.75) is 5.38 Å². The van der Waals surface area contributed by atoms with E-state index in [-0.39, 0.29) is 5.38 Å². The van der Waals surface area contributed by atoms with E-state index in [4.69, 9.17) is 11.6 Å². The molecule has 106 valence electrons. The van der Waals surface area contributed by atoms with Crippen molar-refractivity contribution in [3.8, 4) is 0 Å². The third-order valence-corrected chi connectivity index (χ3v) is 5.75. The van der Waals surface area contributed by atoms with Gasteiger partial charge in [-0.15, -0.1) is 11.6 Å². The zero-order valence-electron chi connectivity index (χ0n) is 10.8. The minimum absolute atomic E-state index is 0.203. The van der Waals surface area contributed by atoms with Crippen LogP contribution in [0.3, 0.4) is 0 Å². The van der Waals surface area contributed by atoms with Gasteiger partial charge in [-0.2, -0.15) is 0 Å². The lowest BCUT2D eigenvalue weighted by Gasteiger charge is -2.16. The summed E-state index contributed by atoms with van der Waals surface area (Å²) >= 11 is 17.4. The van der Waals surface area contributed by atoms with E-state index in [9.17, 15) is 0 Å². The van der Waals surface area contributed by atoms with Crippen LogP contribution in [0.25, 0.3) is 10.8 Å². The third-order valence-electron chi connectivity index (χ3n) is 3.41. The first kappa shape index (κ1) is 15.5. The fourth-order valence-electron chi connectivity index (χ4n) is 2.38. The average Bonchev–Trinajstić information content (AvgIpc) is 2.47. The molecule has 0 aliphatic rings. The molecule has 0 saturated heterocycles. The molecule has 3 rings (SSSR count). The molecule has 3 aromatic rings. The molecule has 0 bridgehead atoms. The van der Waals surface area contributed by atoms with Crippen molar-refractivity contribution < 1.29 is 0 Å². The zero-order chi connectivity index (χ0) is 15.0. The largest absolute Gasteiger partial charge is 0.113 e. The molecular weight excluding hydrogens is 479 g/mol. The Bertz CT molecular complexity index is 814. The minimum atomic E-state index is -0.203. The van der Waals surface area contributed by atoms with Crippen LogP contribution in [0.1, 0.15) is 16.5 Å². The second-order valence-corrected chi connectivity index (χ2v) is 7.77. The van der Waals surface area contributed by atoms with E-state index in [0.717, 1.165) is 24.5 Å². The summed E-state index contributed by atoms with van der Waals surface area (Å²) in [7, 11) is 0. The first-order valence-electron chi connectivity index (χ1n) is 6.34. The van der Waals surface area contributed by atoms with Gasteiger partial charge in [-0.05, 0) is 40.1 Å². The summed E-state index contributed by atoms with van der Waals surface area (Å²) < 4.78 is 3.12. The SMILES string of the molecule is ClC(c1ccc(Br)cc1Br)c1ccc(Br)c2ccccc12. The average molecular weight is 489 g/mol. The normalized spacial score (nSPS) is 12.6. The van der Waals surface area contributed by atoms with Gasteiger partial charge in [0.1, 0.15) is 0 Å². The summed E-state index contributed by atoms with van der Waals surface area (Å²) in [5.74, 6) is 0. The molecule has 0 aliphatic heterocycles. The van der Waals surface area contributed by atoms with Crippen LogP contribution in [0.15, 0.2) is 68.0 Å². The van der Waals surface area contributed by atoms with Gasteiger partial charge in [0.05, 0.1) is 5.38 Å². The lowest BCUT2D eigenvalue weighted by Crippen LogP contribution is -1.96. The monoisotopic (exact) mass is 486 g/mol. The van der Waals surface area contributed by atoms with Crippen molar-refractivity contribution in [2.75, 3.05) is 0 Å². The molecule has 4 heteroatoms. The topological polar surface area (TPSA) is 0 Å². The maximum Gasteiger partial charge on any atom is 0.0852 e. The van der Waals surface area contributed by atoms with Crippen molar-refractivity contribution in [3.05, 3.63) is 79.1 Å². The first-order valence-corrected chi connectivity index (χ1v) is 9.15. The Morgan fingerprint density at radius 3 is 2.10 bits per heavy atom. The Kier molecular flexibility index (Phi) is 4.75. The maximum absolute atomic E-state index is 6.76. The second kappa shape index (κ2) is 6.41. The number of hydrogen-bond donors (Lipinski definition) is 0. The number of hydrogen-bond acceptors (Lipinski definition) is 0. The summed E-state index contributed by atoms with van der Waals surface area (Å²) in [4.78, 5) is 0. The number of alkyl halides is 1. The Labute approximate surface area is 153 Å². The fraction of sp³-hybridized carbons (Fsp3) is 0.0588. The van der Waals surface area contributed by atoms with Gasteiger partial charge < -0.3 is 0 Å². The Balaban J connectivity index is 2.18. The smallest absolute Gasteiger partial charge is 0.0852 e. The highest BCUT2D eigenvalue weighted by molar-refractivity contribution is 9.11. The number of rotatable bonds is 2. The molecule has 0 N–H and O–H groups in total. The molecular formula is C17H10Br3Cl. The van der Waals surface area contributed by atoms with Gasteiger partial charge in [0, 0.05) is 13.4 Å². The van der Waals surface area contributed by atoms with Crippen molar-refractivity contribution in [2.24, 2.45) is 0 Å². The zero-order valence-corrected chi connectivity index (χ0v) is 16.3. The van der Waals surface area contributed by atoms with Crippen molar-refractivity contribution in [3.63, 3.8) is 0 Å². The standard InChI is InChI=1S/C17H10Br3Cl/c18-10-5-6-14(16(20)9-10)17(21)13-7-8-15(19)12-4-2-1-3-11(12)13/h1-9,17H. The molecule has 0 heterocycles. The van der Waals surface area contributed by atoms with Crippen LogP contribution in [0.5, 0.6) is 0 Å². The molecule has 1 atom stereocenters. The van der Waals surface area contributed by atoms with Gasteiger partial charge in [-0.25, -0.2) is 0 Å². The molecule has 0 spiro atoms. The number of fused-ring (bicyclic) bond motifs is 1. The Hall–Kier alpha value is -0.350. The van der Waals surface area contributed by atoms with E-state index in [0.29, 0.717) is 0 Å². The number of benzene rings is 3. The number of halogens is 4. The summed E-state index contributed by atoms with van der Waals surface area (Å²) in [6.45, 7) is 0. The van der Waals surface area contributed by atoms with Gasteiger partial charge in [0.25, 0.3) is 0 Å². The van der Waals surface area contributed by atoms with Crippen LogP contribution in [0, 0.1) is 0 Å². The minimum Gasteiger partial charge on any atom is -0.113 e. The summed E-state index contributed by atoms with van der Waals surface area (Å²) in [5.41, 5.74) is 2.17. The van der Waals surface area contributed by atoms with Crippen molar-refractivity contribution in [1.82, 2.24) is 0 Å². The van der Waals surface area contributed by atoms with Crippen molar-refractivity contribution >= 4 is 70.2 Å². The first-order chi connectivity index (χ1) is 10.1. The lowest BCUT2D eigenvalue weighted by atomic mass is 9.98. The maximum atomic E-state index is 6.76. The molecule has 0 nitrogen and oxygen atoms in total. The highest BCUT2D eigenvalue weighted by Gasteiger charge is 2.17. The molecule has 0 amide bonds. The van der Waals surface area contributed by atoms with E-state index >= 15 is 0 Å². The van der Waals surface area contributed by atoms with Gasteiger partial charge in [0.2, 0.25) is 0 Å². The lowest BCUT2D eigenvalue weighted by molar-refractivity contribution is 1.14. The molecule has 0 aromatic heterocycles. The van der Waals surface area contributed by atoms with Crippen molar-refractivity contribution in [1.29, 1.82) is 0 Å². The molecule has 0 aliphatic carbocycles.